The van der Waals surface area contributed by atoms with E-state index in [9.17, 15) is 0 Å². The fourth-order valence-corrected chi connectivity index (χ4v) is 9.31. The molecule has 4 aliphatic carbocycles. The van der Waals surface area contributed by atoms with Crippen LogP contribution in [0.15, 0.2) is 158 Å². The Morgan fingerprint density at radius 2 is 0.750 bits per heavy atom. The molecule has 0 nitrogen and oxygen atoms in total. The van der Waals surface area contributed by atoms with E-state index in [4.69, 9.17) is 0 Å². The maximum atomic E-state index is 3.67. The zero-order valence-electron chi connectivity index (χ0n) is 45.6. The summed E-state index contributed by atoms with van der Waals surface area (Å²) in [5, 5.41) is 0. The number of benzene rings is 6. The first-order valence-corrected chi connectivity index (χ1v) is 28.6. The Morgan fingerprint density at radius 3 is 0.986 bits per heavy atom. The van der Waals surface area contributed by atoms with Gasteiger partial charge >= 0.3 is 140 Å². The van der Waals surface area contributed by atoms with E-state index in [1.807, 2.05) is 36.4 Å². The quantitative estimate of drug-likeness (QED) is 0.120. The Bertz CT molecular complexity index is 2490. The fraction of sp³-hybridized carbons (Fsp3) is 0.324. The van der Waals surface area contributed by atoms with E-state index in [0.29, 0.717) is 0 Å². The molecule has 0 spiro atoms. The minimum absolute atomic E-state index is 0. The van der Waals surface area contributed by atoms with E-state index in [0.717, 1.165) is 25.7 Å². The molecule has 6 aromatic rings. The molecule has 0 radical (unpaired) electrons. The molecule has 0 bridgehead atoms. The third-order valence-corrected chi connectivity index (χ3v) is 14.6. The zero-order chi connectivity index (χ0) is 51.3. The van der Waals surface area contributed by atoms with Crippen LogP contribution in [-0.4, -0.2) is 6.51 Å². The van der Waals surface area contributed by atoms with Gasteiger partial charge in [-0.2, -0.15) is 59.7 Å². The van der Waals surface area contributed by atoms with Crippen molar-refractivity contribution in [2.45, 2.75) is 144 Å². The van der Waals surface area contributed by atoms with Gasteiger partial charge in [0.2, 0.25) is 0 Å². The summed E-state index contributed by atoms with van der Waals surface area (Å²) in [5.74, 6) is 0. The smallest absolute Gasteiger partial charge is 0.109 e. The summed E-state index contributed by atoms with van der Waals surface area (Å²) in [5.41, 5.74) is 20.2. The summed E-state index contributed by atoms with van der Waals surface area (Å²) in [6.07, 6.45) is 22.1. The molecule has 0 saturated heterocycles. The molecule has 0 atom stereocenters. The molecular weight excluding hydrogens is 1240 g/mol. The molecule has 0 saturated carbocycles. The maximum absolute atomic E-state index is 3.67. The summed E-state index contributed by atoms with van der Waals surface area (Å²) < 4.78 is 3.02. The van der Waals surface area contributed by atoms with Gasteiger partial charge in [0.05, 0.1) is 0 Å². The molecule has 0 heterocycles. The van der Waals surface area contributed by atoms with Crippen molar-refractivity contribution in [3.8, 4) is 22.3 Å². The number of fused-ring (bicyclic) bond motifs is 6. The average molecular weight is 1320 g/mol. The van der Waals surface area contributed by atoms with Crippen molar-refractivity contribution in [3.05, 3.63) is 238 Å². The monoisotopic (exact) mass is 1320 g/mol. The molecule has 0 aliphatic heterocycles. The van der Waals surface area contributed by atoms with Crippen molar-refractivity contribution in [2.24, 2.45) is 0 Å². The first-order valence-electron chi connectivity index (χ1n) is 25.0. The second-order valence-electron chi connectivity index (χ2n) is 22.6. The van der Waals surface area contributed by atoms with Gasteiger partial charge in [0, 0.05) is 0 Å². The van der Waals surface area contributed by atoms with Gasteiger partial charge in [-0.3, -0.25) is 12.2 Å². The Labute approximate surface area is 479 Å². The second-order valence-corrected chi connectivity index (χ2v) is 28.0. The van der Waals surface area contributed by atoms with Gasteiger partial charge in [-0.1, -0.05) is 131 Å². The van der Waals surface area contributed by atoms with Gasteiger partial charge in [-0.25, -0.2) is 24.3 Å². The molecule has 72 heavy (non-hydrogen) atoms. The van der Waals surface area contributed by atoms with E-state index < -0.39 is 0 Å². The van der Waals surface area contributed by atoms with Crippen molar-refractivity contribution in [2.75, 3.05) is 0 Å². The third kappa shape index (κ3) is 18.9. The van der Waals surface area contributed by atoms with Gasteiger partial charge in [0.15, 0.2) is 0 Å². The van der Waals surface area contributed by atoms with Gasteiger partial charge in [0.25, 0.3) is 0 Å². The van der Waals surface area contributed by atoms with Crippen molar-refractivity contribution in [3.63, 3.8) is 0 Å². The van der Waals surface area contributed by atoms with Crippen LogP contribution in [0.3, 0.4) is 0 Å². The van der Waals surface area contributed by atoms with E-state index >= 15 is 0 Å². The van der Waals surface area contributed by atoms with Gasteiger partial charge < -0.3 is 24.8 Å². The van der Waals surface area contributed by atoms with Crippen molar-refractivity contribution < 1.29 is 72.6 Å². The second kappa shape index (κ2) is 28.3. The first-order chi connectivity index (χ1) is 32.9. The van der Waals surface area contributed by atoms with Crippen LogP contribution in [0.2, 0.25) is 0 Å². The van der Waals surface area contributed by atoms with Gasteiger partial charge in [-0.05, 0) is 56.8 Å². The third-order valence-electron chi connectivity index (χ3n) is 12.5. The minimum Gasteiger partial charge on any atom is -1.00 e. The SMILES string of the molecule is CC(C)(C)c1[c-]c2c(cc1)-c1ccc(C(C)(C)C)cc1C2.CC(C)(C)c1[c-]c2c(cc1)-c1ccc(C(C)(C)C)cc1C2.C[C](=[Hf+2])c1ccccc1.C[C](=[Hf+2])c1ccccc1.[C-]1=CC=CC1.[C-]1=CC=CC1.[Cl-].[Cl-]. The fourth-order valence-electron chi connectivity index (χ4n) is 8.11. The Morgan fingerprint density at radius 1 is 0.417 bits per heavy atom. The molecule has 0 N–H and O–H groups in total. The van der Waals surface area contributed by atoms with E-state index in [2.05, 4.69) is 243 Å². The number of rotatable bonds is 2. The van der Waals surface area contributed by atoms with Crippen LogP contribution in [0.4, 0.5) is 0 Å². The van der Waals surface area contributed by atoms with E-state index in [1.165, 1.54) is 132 Å². The number of halogens is 2. The molecule has 0 fully saturated rings. The summed E-state index contributed by atoms with van der Waals surface area (Å²) >= 11 is 2.35. The van der Waals surface area contributed by atoms with E-state index in [-0.39, 0.29) is 46.5 Å². The van der Waals surface area contributed by atoms with Crippen LogP contribution < -0.4 is 24.8 Å². The Hall–Kier alpha value is -3.66. The Kier molecular flexibility index (Phi) is 24.6. The van der Waals surface area contributed by atoms with Crippen LogP contribution in [0.1, 0.15) is 165 Å². The summed E-state index contributed by atoms with van der Waals surface area (Å²) in [6.45, 7) is 31.6. The van der Waals surface area contributed by atoms with Crippen molar-refractivity contribution >= 4 is 6.51 Å². The molecular formula is C68H76Cl2Hf2-2. The predicted molar refractivity (Wildman–Crippen MR) is 297 cm³/mol. The topological polar surface area (TPSA) is 0 Å². The molecule has 372 valence electrons. The number of allylic oxidation sites excluding steroid dienone is 8. The average Bonchev–Trinajstić information content (AvgIpc) is 4.17. The largest absolute Gasteiger partial charge is 1.00 e. The first kappa shape index (κ1) is 62.6. The summed E-state index contributed by atoms with van der Waals surface area (Å²) in [7, 11) is 0. The zero-order valence-corrected chi connectivity index (χ0v) is 54.3. The van der Waals surface area contributed by atoms with E-state index in [1.54, 1.807) is 0 Å². The number of hydrogen-bond donors (Lipinski definition) is 0. The molecule has 4 heteroatoms. The number of hydrogen-bond acceptors (Lipinski definition) is 0. The van der Waals surface area contributed by atoms with Crippen molar-refractivity contribution in [1.29, 1.82) is 0 Å². The van der Waals surface area contributed by atoms with Crippen LogP contribution >= 0.6 is 0 Å². The normalized spacial score (nSPS) is 12.9. The molecule has 4 aliphatic rings. The Balaban J connectivity index is 0.000000247. The van der Waals surface area contributed by atoms with Crippen molar-refractivity contribution in [1.82, 2.24) is 0 Å². The maximum Gasteiger partial charge on any atom is -0.109 e. The van der Waals surface area contributed by atoms with Crippen LogP contribution in [0.25, 0.3) is 22.3 Å². The molecule has 0 aromatic heterocycles. The molecule has 0 amide bonds. The summed E-state index contributed by atoms with van der Waals surface area (Å²) in [4.78, 5) is 0. The molecule has 10 rings (SSSR count). The van der Waals surface area contributed by atoms with Gasteiger partial charge in [-0.15, -0.1) is 35.1 Å². The standard InChI is InChI=1S/2C21H25.2C8H8.2C5H5.2ClH.2Hf/c2*1-20(2,3)16-7-9-18-14(12-16)11-15-13-17(21(4,5)6)8-10-19(15)18;2*1-2-8-6-4-3-5-7-8;2*1-2-4-5-3-1;;;;/h2*7-10,12H,11H2,1-6H3;2*3-7H,1H3;2*1-3H,4H2;2*1H;;/q2*-1;;;2*-1;;;2*+2/p-2. The van der Waals surface area contributed by atoms with Crippen LogP contribution in [-0.2, 0) is 82.3 Å². The van der Waals surface area contributed by atoms with Gasteiger partial charge in [0.1, 0.15) is 0 Å². The van der Waals surface area contributed by atoms with Crippen LogP contribution in [0.5, 0.6) is 0 Å². The molecule has 6 aromatic carbocycles. The van der Waals surface area contributed by atoms with Crippen LogP contribution in [0, 0.1) is 24.3 Å². The summed E-state index contributed by atoms with van der Waals surface area (Å²) in [6, 6.07) is 51.4. The molecule has 0 unspecified atom stereocenters. The minimum atomic E-state index is 0. The predicted octanol–water partition coefficient (Wildman–Crippen LogP) is 11.5.